The van der Waals surface area contributed by atoms with E-state index in [4.69, 9.17) is 4.74 Å². The molecule has 5 nitrogen and oxygen atoms in total. The van der Waals surface area contributed by atoms with Gasteiger partial charge in [0.25, 0.3) is 0 Å². The zero-order valence-electron chi connectivity index (χ0n) is 8.95. The van der Waals surface area contributed by atoms with Crippen molar-refractivity contribution in [3.05, 3.63) is 0 Å². The van der Waals surface area contributed by atoms with Crippen LogP contribution in [0, 0.1) is 0 Å². The van der Waals surface area contributed by atoms with E-state index in [1.54, 1.807) is 20.8 Å². The Balaban J connectivity index is 3.66. The molecule has 0 saturated carbocycles. The Bertz CT molecular complexity index is 219. The molecule has 0 rings (SSSR count). The van der Waals surface area contributed by atoms with Crippen molar-refractivity contribution in [2.24, 2.45) is 0 Å². The number of rotatable bonds is 5. The fraction of sp³-hybridized carbons (Fsp3) is 0.875. The minimum Gasteiger partial charge on any atom is -0.444 e. The third kappa shape index (κ3) is 9.56. The first kappa shape index (κ1) is 14.3. The molecule has 0 aromatic heterocycles. The number of carbonyl (C=O) groups excluding carboxylic acids is 1. The Labute approximate surface area is 89.6 Å². The largest absolute Gasteiger partial charge is 0.444 e. The van der Waals surface area contributed by atoms with Crippen LogP contribution in [0.25, 0.3) is 0 Å². The smallest absolute Gasteiger partial charge is 0.407 e. The van der Waals surface area contributed by atoms with Gasteiger partial charge in [0.1, 0.15) is 11.8 Å². The maximum absolute atomic E-state index is 12.8. The lowest BCUT2D eigenvalue weighted by Crippen LogP contribution is -2.36. The molecule has 0 aliphatic rings. The Morgan fingerprint density at radius 2 is 2.13 bits per heavy atom. The van der Waals surface area contributed by atoms with Crippen molar-refractivity contribution >= 4 is 14.8 Å². The normalized spacial score (nSPS) is 13.6. The summed E-state index contributed by atoms with van der Waals surface area (Å²) in [6.07, 6.45) is -2.09. The lowest BCUT2D eigenvalue weighted by molar-refractivity contribution is 0.0507. The molecule has 0 aliphatic heterocycles. The summed E-state index contributed by atoms with van der Waals surface area (Å²) in [4.78, 5) is 11.0. The van der Waals surface area contributed by atoms with E-state index in [1.165, 1.54) is 0 Å². The van der Waals surface area contributed by atoms with Crippen LogP contribution in [-0.4, -0.2) is 31.0 Å². The van der Waals surface area contributed by atoms with Crippen molar-refractivity contribution in [3.8, 4) is 0 Å². The van der Waals surface area contributed by atoms with Crippen LogP contribution in [0.2, 0.25) is 0 Å². The standard InChI is InChI=1S/C8H15FNO4P/c1-8(2,3)14-7(11)10-4-6(9)5-13-15-12/h6H,4-5H2,1-3H3,(H,10,11)/t6-/m1/s1. The number of hydrogen-bond donors (Lipinski definition) is 1. The number of alkyl halides is 1. The molecule has 1 amide bonds. The lowest BCUT2D eigenvalue weighted by atomic mass is 10.2. The highest BCUT2D eigenvalue weighted by Gasteiger charge is 2.17. The second-order valence-corrected chi connectivity index (χ2v) is 4.26. The summed E-state index contributed by atoms with van der Waals surface area (Å²) in [6, 6.07) is 0. The van der Waals surface area contributed by atoms with E-state index in [-0.39, 0.29) is 13.2 Å². The summed E-state index contributed by atoms with van der Waals surface area (Å²) in [5.41, 5.74) is -0.611. The van der Waals surface area contributed by atoms with E-state index in [0.29, 0.717) is 0 Å². The fourth-order valence-electron chi connectivity index (χ4n) is 0.678. The highest BCUT2D eigenvalue weighted by molar-refractivity contribution is 7.17. The van der Waals surface area contributed by atoms with Gasteiger partial charge in [0, 0.05) is 0 Å². The predicted molar refractivity (Wildman–Crippen MR) is 52.7 cm³/mol. The molecule has 0 radical (unpaired) electrons. The Kier molecular flexibility index (Phi) is 6.36. The van der Waals surface area contributed by atoms with Crippen LogP contribution >= 0.6 is 8.69 Å². The molecule has 88 valence electrons. The molecule has 15 heavy (non-hydrogen) atoms. The zero-order chi connectivity index (χ0) is 11.9. The van der Waals surface area contributed by atoms with E-state index >= 15 is 0 Å². The van der Waals surface area contributed by atoms with E-state index in [0.717, 1.165) is 0 Å². The maximum atomic E-state index is 12.8. The van der Waals surface area contributed by atoms with Crippen LogP contribution < -0.4 is 5.32 Å². The Morgan fingerprint density at radius 3 is 2.60 bits per heavy atom. The maximum Gasteiger partial charge on any atom is 0.407 e. The van der Waals surface area contributed by atoms with Crippen LogP contribution in [0.5, 0.6) is 0 Å². The van der Waals surface area contributed by atoms with E-state index in [9.17, 15) is 13.8 Å². The average molecular weight is 239 g/mol. The molecule has 1 atom stereocenters. The van der Waals surface area contributed by atoms with Crippen LogP contribution in [0.15, 0.2) is 0 Å². The molecule has 0 aliphatic carbocycles. The molecule has 0 spiro atoms. The summed E-state index contributed by atoms with van der Waals surface area (Å²) in [5, 5.41) is 2.23. The quantitative estimate of drug-likeness (QED) is 0.746. The van der Waals surface area contributed by atoms with Gasteiger partial charge < -0.3 is 10.1 Å². The molecule has 0 bridgehead atoms. The molecule has 0 fully saturated rings. The summed E-state index contributed by atoms with van der Waals surface area (Å²) in [7, 11) is -0.576. The van der Waals surface area contributed by atoms with Crippen molar-refractivity contribution < 1.29 is 23.0 Å². The van der Waals surface area contributed by atoms with Crippen molar-refractivity contribution in [2.75, 3.05) is 13.2 Å². The van der Waals surface area contributed by atoms with Gasteiger partial charge in [-0.3, -0.25) is 4.52 Å². The minimum absolute atomic E-state index is 0.232. The third-order valence-electron chi connectivity index (χ3n) is 1.17. The topological polar surface area (TPSA) is 64.6 Å². The first-order valence-corrected chi connectivity index (χ1v) is 5.13. The van der Waals surface area contributed by atoms with Crippen LogP contribution in [0.4, 0.5) is 9.18 Å². The van der Waals surface area contributed by atoms with E-state index in [2.05, 4.69) is 9.84 Å². The van der Waals surface area contributed by atoms with Gasteiger partial charge in [-0.2, -0.15) is 0 Å². The minimum atomic E-state index is -1.40. The summed E-state index contributed by atoms with van der Waals surface area (Å²) in [6.45, 7) is 4.56. The monoisotopic (exact) mass is 239 g/mol. The molecule has 0 saturated heterocycles. The molecule has 0 unspecified atom stereocenters. The molecule has 0 aromatic rings. The number of carbonyl (C=O) groups is 1. The second kappa shape index (κ2) is 6.69. The highest BCUT2D eigenvalue weighted by Crippen LogP contribution is 2.06. The molecule has 1 N–H and O–H groups in total. The summed E-state index contributed by atoms with van der Waals surface area (Å²) in [5.74, 6) is 0. The first-order chi connectivity index (χ1) is 6.85. The van der Waals surface area contributed by atoms with Gasteiger partial charge in [0.2, 0.25) is 0 Å². The van der Waals surface area contributed by atoms with Crippen LogP contribution in [0.3, 0.4) is 0 Å². The van der Waals surface area contributed by atoms with Gasteiger partial charge in [-0.05, 0) is 20.8 Å². The molecular formula is C8H15FNO4P. The molecule has 0 heterocycles. The third-order valence-corrected chi connectivity index (χ3v) is 1.43. The predicted octanol–water partition coefficient (Wildman–Crippen LogP) is 2.07. The lowest BCUT2D eigenvalue weighted by Gasteiger charge is -2.20. The van der Waals surface area contributed by atoms with Gasteiger partial charge in [0.15, 0.2) is 0 Å². The zero-order valence-corrected chi connectivity index (χ0v) is 9.84. The van der Waals surface area contributed by atoms with Gasteiger partial charge in [0.05, 0.1) is 13.2 Å². The van der Waals surface area contributed by atoms with Gasteiger partial charge in [-0.1, -0.05) is 0 Å². The van der Waals surface area contributed by atoms with Gasteiger partial charge in [-0.15, -0.1) is 0 Å². The molecule has 0 aromatic carbocycles. The Hall–Kier alpha value is -0.740. The van der Waals surface area contributed by atoms with Crippen molar-refractivity contribution in [3.63, 3.8) is 0 Å². The van der Waals surface area contributed by atoms with Gasteiger partial charge >= 0.3 is 14.8 Å². The van der Waals surface area contributed by atoms with E-state index in [1.807, 2.05) is 0 Å². The van der Waals surface area contributed by atoms with Crippen LogP contribution in [0.1, 0.15) is 20.8 Å². The number of ether oxygens (including phenoxy) is 1. The second-order valence-electron chi connectivity index (χ2n) is 3.85. The van der Waals surface area contributed by atoms with E-state index < -0.39 is 26.6 Å². The number of hydrogen-bond acceptors (Lipinski definition) is 4. The van der Waals surface area contributed by atoms with Crippen molar-refractivity contribution in [2.45, 2.75) is 32.5 Å². The SMILES string of the molecule is CC(C)(C)OC(=O)NC[C@@H](F)COP=O. The summed E-state index contributed by atoms with van der Waals surface area (Å²) >= 11 is 0. The average Bonchev–Trinajstić information content (AvgIpc) is 2.08. The van der Waals surface area contributed by atoms with Gasteiger partial charge in [-0.25, -0.2) is 13.8 Å². The number of amides is 1. The highest BCUT2D eigenvalue weighted by atomic mass is 31.1. The first-order valence-electron chi connectivity index (χ1n) is 4.40. The Morgan fingerprint density at radius 1 is 1.53 bits per heavy atom. The van der Waals surface area contributed by atoms with Crippen molar-refractivity contribution in [1.29, 1.82) is 0 Å². The van der Waals surface area contributed by atoms with Crippen molar-refractivity contribution in [1.82, 2.24) is 5.32 Å². The summed E-state index contributed by atoms with van der Waals surface area (Å²) < 4.78 is 31.8. The fourth-order valence-corrected chi connectivity index (χ4v) is 0.901. The molecule has 7 heteroatoms. The molecular weight excluding hydrogens is 224 g/mol. The number of nitrogens with one attached hydrogen (secondary N) is 1. The number of alkyl carbamates (subject to hydrolysis) is 1. The number of halogens is 1. The van der Waals surface area contributed by atoms with Crippen LogP contribution in [-0.2, 0) is 13.8 Å².